The summed E-state index contributed by atoms with van der Waals surface area (Å²) >= 11 is 0. The third-order valence-electron chi connectivity index (χ3n) is 4.22. The van der Waals surface area contributed by atoms with Crippen LogP contribution in [0.25, 0.3) is 17.2 Å². The van der Waals surface area contributed by atoms with E-state index in [0.717, 1.165) is 18.9 Å². The molecule has 0 bridgehead atoms. The van der Waals surface area contributed by atoms with Crippen LogP contribution in [0.3, 0.4) is 0 Å². The molecule has 1 aliphatic heterocycles. The summed E-state index contributed by atoms with van der Waals surface area (Å²) in [6.07, 6.45) is 2.26. The minimum absolute atomic E-state index is 0.0649. The minimum Gasteiger partial charge on any atom is -0.375 e. The van der Waals surface area contributed by atoms with Gasteiger partial charge < -0.3 is 9.64 Å². The van der Waals surface area contributed by atoms with Gasteiger partial charge in [-0.15, -0.1) is 0 Å². The van der Waals surface area contributed by atoms with Gasteiger partial charge in [0, 0.05) is 31.0 Å². The van der Waals surface area contributed by atoms with Gasteiger partial charge in [-0.05, 0) is 25.1 Å². The molecule has 4 heterocycles. The van der Waals surface area contributed by atoms with Crippen molar-refractivity contribution in [2.75, 3.05) is 24.6 Å². The number of halogens is 2. The highest BCUT2D eigenvalue weighted by molar-refractivity contribution is 5.59. The molecule has 0 amide bonds. The van der Waals surface area contributed by atoms with E-state index in [4.69, 9.17) is 4.74 Å². The summed E-state index contributed by atoms with van der Waals surface area (Å²) in [5.41, 5.74) is 1.10. The number of aromatic nitrogens is 4. The summed E-state index contributed by atoms with van der Waals surface area (Å²) in [6.45, 7) is 4.17. The molecule has 8 heteroatoms. The summed E-state index contributed by atoms with van der Waals surface area (Å²) in [7, 11) is 0. The van der Waals surface area contributed by atoms with Crippen molar-refractivity contribution >= 4 is 11.5 Å². The van der Waals surface area contributed by atoms with Crippen molar-refractivity contribution in [1.82, 2.24) is 19.4 Å². The maximum atomic E-state index is 13.0. The molecule has 0 N–H and O–H groups in total. The Bertz CT molecular complexity index is 898. The Labute approximate surface area is 143 Å². The standard InChI is InChI=1S/C17H17F2N5O/c1-11-9-23(6-7-25-11)15-4-5-20-17(22-15)13-8-21-14-3-2-12(16(18)19)10-24(13)14/h2-5,8,10-11,16H,6-7,9H2,1H3/t11-/m1/s1. The molecule has 1 aliphatic rings. The van der Waals surface area contributed by atoms with Gasteiger partial charge in [0.15, 0.2) is 5.82 Å². The van der Waals surface area contributed by atoms with Crippen LogP contribution in [0.2, 0.25) is 0 Å². The Hall–Kier alpha value is -2.61. The van der Waals surface area contributed by atoms with Gasteiger partial charge in [0.25, 0.3) is 6.43 Å². The van der Waals surface area contributed by atoms with Gasteiger partial charge in [0.05, 0.1) is 18.9 Å². The summed E-state index contributed by atoms with van der Waals surface area (Å²) in [5.74, 6) is 1.25. The molecule has 1 saturated heterocycles. The summed E-state index contributed by atoms with van der Waals surface area (Å²) in [6, 6.07) is 4.79. The molecule has 0 saturated carbocycles. The maximum absolute atomic E-state index is 13.0. The normalized spacial score (nSPS) is 18.2. The fraction of sp³-hybridized carbons (Fsp3) is 0.353. The zero-order chi connectivity index (χ0) is 17.4. The van der Waals surface area contributed by atoms with E-state index in [0.29, 0.717) is 23.8 Å². The lowest BCUT2D eigenvalue weighted by Crippen LogP contribution is -2.41. The van der Waals surface area contributed by atoms with E-state index in [2.05, 4.69) is 19.9 Å². The van der Waals surface area contributed by atoms with Crippen molar-refractivity contribution in [1.29, 1.82) is 0 Å². The van der Waals surface area contributed by atoms with Crippen LogP contribution in [0.5, 0.6) is 0 Å². The SMILES string of the molecule is C[C@@H]1CN(c2ccnc(-c3cnc4ccc(C(F)F)cn34)n2)CCO1. The van der Waals surface area contributed by atoms with E-state index in [-0.39, 0.29) is 11.7 Å². The van der Waals surface area contributed by atoms with Crippen LogP contribution in [0, 0.1) is 0 Å². The van der Waals surface area contributed by atoms with Gasteiger partial charge in [-0.1, -0.05) is 0 Å². The van der Waals surface area contributed by atoms with Crippen LogP contribution in [0.15, 0.2) is 36.8 Å². The van der Waals surface area contributed by atoms with E-state index in [1.165, 1.54) is 12.3 Å². The zero-order valence-electron chi connectivity index (χ0n) is 13.6. The minimum atomic E-state index is -2.54. The molecular formula is C17H17F2N5O. The number of morpholine rings is 1. The highest BCUT2D eigenvalue weighted by atomic mass is 19.3. The second-order valence-electron chi connectivity index (χ2n) is 6.00. The Morgan fingerprint density at radius 3 is 2.92 bits per heavy atom. The molecule has 6 nitrogen and oxygen atoms in total. The Morgan fingerprint density at radius 2 is 2.12 bits per heavy atom. The molecule has 0 aromatic carbocycles. The van der Waals surface area contributed by atoms with Gasteiger partial charge in [-0.2, -0.15) is 0 Å². The number of hydrogen-bond donors (Lipinski definition) is 0. The van der Waals surface area contributed by atoms with Crippen molar-refractivity contribution in [3.8, 4) is 11.5 Å². The highest BCUT2D eigenvalue weighted by Crippen LogP contribution is 2.24. The van der Waals surface area contributed by atoms with E-state index < -0.39 is 6.43 Å². The van der Waals surface area contributed by atoms with Crippen LogP contribution in [0.1, 0.15) is 18.9 Å². The van der Waals surface area contributed by atoms with Crippen molar-refractivity contribution in [2.45, 2.75) is 19.5 Å². The Kier molecular flexibility index (Phi) is 4.04. The number of alkyl halides is 2. The van der Waals surface area contributed by atoms with Crippen molar-refractivity contribution < 1.29 is 13.5 Å². The molecule has 1 fully saturated rings. The van der Waals surface area contributed by atoms with Crippen LogP contribution in [-0.2, 0) is 4.74 Å². The molecular weight excluding hydrogens is 328 g/mol. The van der Waals surface area contributed by atoms with Crippen LogP contribution in [0.4, 0.5) is 14.6 Å². The van der Waals surface area contributed by atoms with E-state index >= 15 is 0 Å². The number of pyridine rings is 1. The lowest BCUT2D eigenvalue weighted by molar-refractivity contribution is 0.0529. The largest absolute Gasteiger partial charge is 0.375 e. The van der Waals surface area contributed by atoms with Gasteiger partial charge in [0.1, 0.15) is 17.2 Å². The smallest absolute Gasteiger partial charge is 0.265 e. The summed E-state index contributed by atoms with van der Waals surface area (Å²) in [5, 5.41) is 0. The lowest BCUT2D eigenvalue weighted by atomic mass is 10.3. The van der Waals surface area contributed by atoms with E-state index in [1.807, 2.05) is 13.0 Å². The quantitative estimate of drug-likeness (QED) is 0.730. The third-order valence-corrected chi connectivity index (χ3v) is 4.22. The van der Waals surface area contributed by atoms with E-state index in [1.54, 1.807) is 22.9 Å². The Morgan fingerprint density at radius 1 is 1.24 bits per heavy atom. The predicted octanol–water partition coefficient (Wildman–Crippen LogP) is 2.95. The van der Waals surface area contributed by atoms with Gasteiger partial charge in [-0.3, -0.25) is 4.40 Å². The van der Waals surface area contributed by atoms with Gasteiger partial charge in [0.2, 0.25) is 0 Å². The molecule has 25 heavy (non-hydrogen) atoms. The molecule has 3 aromatic heterocycles. The van der Waals surface area contributed by atoms with Crippen molar-refractivity contribution in [2.24, 2.45) is 0 Å². The first-order valence-corrected chi connectivity index (χ1v) is 8.07. The second kappa shape index (κ2) is 6.36. The first kappa shape index (κ1) is 15.9. The van der Waals surface area contributed by atoms with Gasteiger partial charge >= 0.3 is 0 Å². The highest BCUT2D eigenvalue weighted by Gasteiger charge is 2.19. The van der Waals surface area contributed by atoms with Crippen LogP contribution >= 0.6 is 0 Å². The fourth-order valence-corrected chi connectivity index (χ4v) is 2.97. The molecule has 0 radical (unpaired) electrons. The maximum Gasteiger partial charge on any atom is 0.265 e. The lowest BCUT2D eigenvalue weighted by Gasteiger charge is -2.32. The van der Waals surface area contributed by atoms with Crippen LogP contribution in [-0.4, -0.2) is 45.2 Å². The number of fused-ring (bicyclic) bond motifs is 1. The van der Waals surface area contributed by atoms with Gasteiger partial charge in [-0.25, -0.2) is 23.7 Å². The average Bonchev–Trinajstić information content (AvgIpc) is 3.05. The Balaban J connectivity index is 1.73. The number of hydrogen-bond acceptors (Lipinski definition) is 5. The van der Waals surface area contributed by atoms with E-state index in [9.17, 15) is 8.78 Å². The molecule has 130 valence electrons. The number of anilines is 1. The number of ether oxygens (including phenoxy) is 1. The summed E-state index contributed by atoms with van der Waals surface area (Å²) < 4.78 is 33.1. The number of imidazole rings is 1. The third kappa shape index (κ3) is 3.05. The second-order valence-corrected chi connectivity index (χ2v) is 6.00. The molecule has 3 aromatic rings. The number of nitrogens with zero attached hydrogens (tertiary/aromatic N) is 5. The predicted molar refractivity (Wildman–Crippen MR) is 88.8 cm³/mol. The first-order valence-electron chi connectivity index (χ1n) is 8.07. The summed E-state index contributed by atoms with van der Waals surface area (Å²) in [4.78, 5) is 15.3. The first-order chi connectivity index (χ1) is 12.1. The average molecular weight is 345 g/mol. The van der Waals surface area contributed by atoms with Crippen LogP contribution < -0.4 is 4.90 Å². The number of rotatable bonds is 3. The topological polar surface area (TPSA) is 55.6 Å². The molecule has 4 rings (SSSR count). The zero-order valence-corrected chi connectivity index (χ0v) is 13.6. The van der Waals surface area contributed by atoms with Crippen molar-refractivity contribution in [3.05, 3.63) is 42.4 Å². The molecule has 1 atom stereocenters. The molecule has 0 unspecified atom stereocenters. The van der Waals surface area contributed by atoms with Crippen molar-refractivity contribution in [3.63, 3.8) is 0 Å². The molecule has 0 aliphatic carbocycles. The monoisotopic (exact) mass is 345 g/mol. The molecule has 0 spiro atoms. The fourth-order valence-electron chi connectivity index (χ4n) is 2.97.